The van der Waals surface area contributed by atoms with Crippen LogP contribution in [0, 0.1) is 6.92 Å². The van der Waals surface area contributed by atoms with Gasteiger partial charge in [0.2, 0.25) is 5.91 Å². The predicted octanol–water partition coefficient (Wildman–Crippen LogP) is 5.69. The maximum Gasteiger partial charge on any atom is 0.224 e. The first-order chi connectivity index (χ1) is 16.6. The van der Waals surface area contributed by atoms with E-state index in [4.69, 9.17) is 14.7 Å². The molecule has 0 saturated heterocycles. The van der Waals surface area contributed by atoms with Gasteiger partial charge in [0.05, 0.1) is 18.4 Å². The van der Waals surface area contributed by atoms with Gasteiger partial charge in [0.25, 0.3) is 0 Å². The Labute approximate surface area is 204 Å². The van der Waals surface area contributed by atoms with Crippen LogP contribution in [0.2, 0.25) is 0 Å². The number of benzene rings is 2. The van der Waals surface area contributed by atoms with Crippen LogP contribution in [-0.4, -0.2) is 23.0 Å². The molecule has 0 saturated carbocycles. The van der Waals surface area contributed by atoms with E-state index in [0.717, 1.165) is 56.8 Å². The van der Waals surface area contributed by atoms with Gasteiger partial charge in [-0.15, -0.1) is 11.3 Å². The third-order valence-corrected chi connectivity index (χ3v) is 6.42. The number of anilines is 2. The van der Waals surface area contributed by atoms with Crippen LogP contribution in [-0.2, 0) is 24.2 Å². The predicted molar refractivity (Wildman–Crippen MR) is 138 cm³/mol. The summed E-state index contributed by atoms with van der Waals surface area (Å²) in [6.45, 7) is 4.56. The van der Waals surface area contributed by atoms with Crippen molar-refractivity contribution in [2.24, 2.45) is 0 Å². The van der Waals surface area contributed by atoms with Gasteiger partial charge in [-0.1, -0.05) is 43.3 Å². The van der Waals surface area contributed by atoms with Crippen molar-refractivity contribution in [1.29, 1.82) is 0 Å². The van der Waals surface area contributed by atoms with Crippen molar-refractivity contribution < 1.29 is 9.53 Å². The van der Waals surface area contributed by atoms with Crippen LogP contribution >= 0.6 is 11.3 Å². The molecule has 0 fully saturated rings. The molecule has 4 rings (SSSR count). The average Bonchev–Trinajstić information content (AvgIpc) is 3.39. The normalized spacial score (nSPS) is 10.7. The third-order valence-electron chi connectivity index (χ3n) is 5.56. The van der Waals surface area contributed by atoms with Gasteiger partial charge in [0.15, 0.2) is 5.82 Å². The molecule has 7 heteroatoms. The molecule has 0 aliphatic heterocycles. The van der Waals surface area contributed by atoms with E-state index in [0.29, 0.717) is 13.0 Å². The van der Waals surface area contributed by atoms with Gasteiger partial charge in [-0.05, 0) is 48.6 Å². The maximum absolute atomic E-state index is 12.4. The van der Waals surface area contributed by atoms with E-state index >= 15 is 0 Å². The van der Waals surface area contributed by atoms with Crippen molar-refractivity contribution in [3.63, 3.8) is 0 Å². The maximum atomic E-state index is 12.4. The zero-order valence-electron chi connectivity index (χ0n) is 19.6. The Bertz CT molecular complexity index is 1250. The molecule has 4 aromatic rings. The fourth-order valence-electron chi connectivity index (χ4n) is 3.77. The monoisotopic (exact) mass is 472 g/mol. The lowest BCUT2D eigenvalue weighted by molar-refractivity contribution is -0.120. The number of carbonyl (C=O) groups excluding carboxylic acids is 1. The van der Waals surface area contributed by atoms with E-state index in [2.05, 4.69) is 17.6 Å². The lowest BCUT2D eigenvalue weighted by atomic mass is 10.1. The molecule has 0 aliphatic carbocycles. The number of nitrogens with zero attached hydrogens (tertiary/aromatic N) is 2. The number of para-hydroxylation sites is 1. The number of rotatable bonds is 9. The number of ether oxygens (including phenoxy) is 1. The zero-order chi connectivity index (χ0) is 23.9. The lowest BCUT2D eigenvalue weighted by Crippen LogP contribution is -2.24. The average molecular weight is 473 g/mol. The molecule has 174 valence electrons. The fraction of sp³-hybridized carbons (Fsp3) is 0.222. The Kier molecular flexibility index (Phi) is 7.54. The number of carbonyl (C=O) groups is 1. The molecule has 0 unspecified atom stereocenters. The molecule has 0 bridgehead atoms. The van der Waals surface area contributed by atoms with E-state index in [-0.39, 0.29) is 5.91 Å². The minimum absolute atomic E-state index is 0.0353. The molecule has 6 nitrogen and oxygen atoms in total. The minimum Gasteiger partial charge on any atom is -0.496 e. The molecule has 0 radical (unpaired) electrons. The minimum atomic E-state index is -0.0353. The number of aromatic nitrogens is 2. The van der Waals surface area contributed by atoms with Gasteiger partial charge >= 0.3 is 0 Å². The molecule has 2 heterocycles. The molecular formula is C27H28N4O2S. The summed E-state index contributed by atoms with van der Waals surface area (Å²) in [5.74, 6) is 2.29. The lowest BCUT2D eigenvalue weighted by Gasteiger charge is -2.14. The van der Waals surface area contributed by atoms with Crippen LogP contribution < -0.4 is 15.4 Å². The highest BCUT2D eigenvalue weighted by Gasteiger charge is 2.13. The summed E-state index contributed by atoms with van der Waals surface area (Å²) >= 11 is 1.63. The molecular weight excluding hydrogens is 444 g/mol. The first-order valence-corrected chi connectivity index (χ1v) is 12.1. The summed E-state index contributed by atoms with van der Waals surface area (Å²) < 4.78 is 5.34. The Morgan fingerprint density at radius 1 is 1.03 bits per heavy atom. The summed E-state index contributed by atoms with van der Waals surface area (Å²) in [5.41, 5.74) is 4.89. The number of nitrogens with one attached hydrogen (secondary N) is 2. The number of methoxy groups -OCH3 is 1. The van der Waals surface area contributed by atoms with Crippen LogP contribution in [0.15, 0.2) is 66.0 Å². The van der Waals surface area contributed by atoms with Crippen molar-refractivity contribution in [2.45, 2.75) is 33.2 Å². The van der Waals surface area contributed by atoms with Crippen molar-refractivity contribution >= 4 is 28.7 Å². The van der Waals surface area contributed by atoms with E-state index in [9.17, 15) is 4.79 Å². The van der Waals surface area contributed by atoms with Gasteiger partial charge < -0.3 is 15.4 Å². The molecule has 2 aromatic carbocycles. The second kappa shape index (κ2) is 10.9. The highest BCUT2D eigenvalue weighted by Crippen LogP contribution is 2.28. The quantitative estimate of drug-likeness (QED) is 0.327. The Morgan fingerprint density at radius 3 is 2.53 bits per heavy atom. The molecule has 2 aromatic heterocycles. The highest BCUT2D eigenvalue weighted by molar-refractivity contribution is 7.13. The van der Waals surface area contributed by atoms with E-state index in [1.165, 1.54) is 0 Å². The van der Waals surface area contributed by atoms with Crippen LogP contribution in [0.4, 0.5) is 11.5 Å². The number of hydrogen-bond acceptors (Lipinski definition) is 6. The van der Waals surface area contributed by atoms with Crippen molar-refractivity contribution in [3.8, 4) is 16.5 Å². The highest BCUT2D eigenvalue weighted by atomic mass is 32.1. The van der Waals surface area contributed by atoms with Crippen LogP contribution in [0.1, 0.15) is 29.3 Å². The second-order valence-electron chi connectivity index (χ2n) is 7.88. The first-order valence-electron chi connectivity index (χ1n) is 11.2. The number of aryl methyl sites for hydroxylation is 1. The van der Waals surface area contributed by atoms with Gasteiger partial charge in [0, 0.05) is 29.1 Å². The fourth-order valence-corrected chi connectivity index (χ4v) is 4.43. The Balaban J connectivity index is 1.41. The third kappa shape index (κ3) is 5.61. The van der Waals surface area contributed by atoms with Crippen molar-refractivity contribution in [2.75, 3.05) is 12.4 Å². The van der Waals surface area contributed by atoms with E-state index < -0.39 is 0 Å². The standard InChI is InChI=1S/C27H28N4O2S/c1-4-22-18(2)29-27(24-10-7-15-34-24)31-26(22)30-21-13-11-19(12-14-21)16-25(32)28-17-20-8-5-6-9-23(20)33-3/h5-15H,4,16-17H2,1-3H3,(H,28,32)(H,29,30,31). The number of amides is 1. The van der Waals surface area contributed by atoms with Gasteiger partial charge in [-0.2, -0.15) is 0 Å². The summed E-state index contributed by atoms with van der Waals surface area (Å²) in [5, 5.41) is 8.44. The smallest absolute Gasteiger partial charge is 0.224 e. The molecule has 0 aliphatic rings. The Hall–Kier alpha value is -3.71. The van der Waals surface area contributed by atoms with E-state index in [1.54, 1.807) is 18.4 Å². The largest absolute Gasteiger partial charge is 0.496 e. The topological polar surface area (TPSA) is 76.1 Å². The summed E-state index contributed by atoms with van der Waals surface area (Å²) in [7, 11) is 1.63. The van der Waals surface area contributed by atoms with Crippen molar-refractivity contribution in [1.82, 2.24) is 15.3 Å². The number of hydrogen-bond donors (Lipinski definition) is 2. The molecule has 0 spiro atoms. The number of thiophene rings is 1. The van der Waals surface area contributed by atoms with Gasteiger partial charge in [0.1, 0.15) is 11.6 Å². The van der Waals surface area contributed by atoms with Gasteiger partial charge in [-0.3, -0.25) is 4.79 Å². The zero-order valence-corrected chi connectivity index (χ0v) is 20.4. The summed E-state index contributed by atoms with van der Waals surface area (Å²) in [6, 6.07) is 19.6. The molecule has 2 N–H and O–H groups in total. The molecule has 34 heavy (non-hydrogen) atoms. The summed E-state index contributed by atoms with van der Waals surface area (Å²) in [4.78, 5) is 23.0. The van der Waals surface area contributed by atoms with Crippen LogP contribution in [0.25, 0.3) is 10.7 Å². The molecule has 0 atom stereocenters. The first kappa shape index (κ1) is 23.4. The van der Waals surface area contributed by atoms with Crippen LogP contribution in [0.3, 0.4) is 0 Å². The SMILES string of the molecule is CCc1c(C)nc(-c2cccs2)nc1Nc1ccc(CC(=O)NCc2ccccc2OC)cc1. The van der Waals surface area contributed by atoms with Crippen LogP contribution in [0.5, 0.6) is 5.75 Å². The van der Waals surface area contributed by atoms with E-state index in [1.807, 2.05) is 73.0 Å². The summed E-state index contributed by atoms with van der Waals surface area (Å²) in [6.07, 6.45) is 1.15. The second-order valence-corrected chi connectivity index (χ2v) is 8.83. The Morgan fingerprint density at radius 2 is 1.82 bits per heavy atom. The van der Waals surface area contributed by atoms with Crippen molar-refractivity contribution in [3.05, 3.63) is 88.4 Å². The molecule has 1 amide bonds. The van der Waals surface area contributed by atoms with Gasteiger partial charge in [-0.25, -0.2) is 9.97 Å².